The molecule has 0 heterocycles. The van der Waals surface area contributed by atoms with Gasteiger partial charge < -0.3 is 16.2 Å². The first kappa shape index (κ1) is 13.2. The Bertz CT molecular complexity index is 199. The monoisotopic (exact) mass is 220 g/mol. The fourth-order valence-electron chi connectivity index (χ4n) is 0.773. The summed E-state index contributed by atoms with van der Waals surface area (Å²) in [4.78, 5) is 21.5. The van der Waals surface area contributed by atoms with Crippen molar-refractivity contribution >= 4 is 23.6 Å². The maximum absolute atomic E-state index is 10.9. The summed E-state index contributed by atoms with van der Waals surface area (Å²) in [5, 5.41) is 11.1. The number of hydrogen-bond acceptors (Lipinski definition) is 4. The van der Waals surface area contributed by atoms with Crippen LogP contribution in [-0.2, 0) is 9.59 Å². The first-order chi connectivity index (χ1) is 6.61. The van der Waals surface area contributed by atoms with Gasteiger partial charge in [-0.05, 0) is 12.2 Å². The quantitative estimate of drug-likeness (QED) is 0.510. The zero-order chi connectivity index (χ0) is 11.0. The third-order valence-corrected chi connectivity index (χ3v) is 2.72. The second-order valence-electron chi connectivity index (χ2n) is 2.74. The molecule has 4 N–H and O–H groups in total. The van der Waals surface area contributed by atoms with E-state index in [0.29, 0.717) is 5.75 Å². The van der Waals surface area contributed by atoms with Gasteiger partial charge in [0.05, 0.1) is 6.54 Å². The molecule has 0 aromatic heterocycles. The number of carbonyl (C=O) groups excluding carboxylic acids is 1. The second kappa shape index (κ2) is 7.64. The van der Waals surface area contributed by atoms with Crippen molar-refractivity contribution in [3.05, 3.63) is 0 Å². The van der Waals surface area contributed by atoms with Crippen LogP contribution in [0.5, 0.6) is 0 Å². The highest BCUT2D eigenvalue weighted by atomic mass is 32.2. The molecule has 1 atom stereocenters. The first-order valence-electron chi connectivity index (χ1n) is 4.41. The molecule has 0 saturated heterocycles. The number of rotatable bonds is 7. The molecule has 0 aliphatic rings. The van der Waals surface area contributed by atoms with Gasteiger partial charge in [0.15, 0.2) is 0 Å². The van der Waals surface area contributed by atoms with E-state index in [0.717, 1.165) is 12.2 Å². The molecule has 0 bridgehead atoms. The molecule has 0 aliphatic carbocycles. The fourth-order valence-corrected chi connectivity index (χ4v) is 1.69. The molecule has 6 heteroatoms. The van der Waals surface area contributed by atoms with E-state index in [1.54, 1.807) is 0 Å². The van der Waals surface area contributed by atoms with Gasteiger partial charge in [0.2, 0.25) is 5.91 Å². The molecule has 0 radical (unpaired) electrons. The molecule has 5 nitrogen and oxygen atoms in total. The summed E-state index contributed by atoms with van der Waals surface area (Å²) >= 11 is 1.51. The minimum Gasteiger partial charge on any atom is -0.480 e. The van der Waals surface area contributed by atoms with Gasteiger partial charge in [-0.1, -0.05) is 6.92 Å². The largest absolute Gasteiger partial charge is 0.480 e. The maximum atomic E-state index is 10.9. The van der Waals surface area contributed by atoms with E-state index in [1.165, 1.54) is 11.8 Å². The Labute approximate surface area is 87.4 Å². The van der Waals surface area contributed by atoms with Gasteiger partial charge in [-0.15, -0.1) is 0 Å². The number of carboxylic acids is 1. The van der Waals surface area contributed by atoms with Crippen LogP contribution < -0.4 is 11.1 Å². The lowest BCUT2D eigenvalue weighted by atomic mass is 10.3. The zero-order valence-electron chi connectivity index (χ0n) is 8.16. The number of amides is 1. The third kappa shape index (κ3) is 5.82. The summed E-state index contributed by atoms with van der Waals surface area (Å²) in [6, 6.07) is -0.831. The van der Waals surface area contributed by atoms with E-state index in [1.807, 2.05) is 6.92 Å². The van der Waals surface area contributed by atoms with Crippen LogP contribution in [-0.4, -0.2) is 41.1 Å². The van der Waals surface area contributed by atoms with Crippen molar-refractivity contribution < 1.29 is 14.7 Å². The van der Waals surface area contributed by atoms with Crippen LogP contribution in [0.3, 0.4) is 0 Å². The van der Waals surface area contributed by atoms with Crippen LogP contribution >= 0.6 is 11.8 Å². The van der Waals surface area contributed by atoms with E-state index < -0.39 is 17.9 Å². The minimum atomic E-state index is -1.02. The Morgan fingerprint density at radius 2 is 2.21 bits per heavy atom. The molecular weight excluding hydrogens is 204 g/mol. The van der Waals surface area contributed by atoms with E-state index >= 15 is 0 Å². The third-order valence-electron chi connectivity index (χ3n) is 1.45. The predicted molar refractivity (Wildman–Crippen MR) is 56.2 cm³/mol. The molecule has 0 aliphatic heterocycles. The molecule has 0 aromatic rings. The van der Waals surface area contributed by atoms with Crippen molar-refractivity contribution in [2.24, 2.45) is 5.73 Å². The SMILES string of the molecule is CCCSC[C@@H](NC(=O)CN)C(=O)O. The van der Waals surface area contributed by atoms with Crippen LogP contribution in [0.1, 0.15) is 13.3 Å². The lowest BCUT2D eigenvalue weighted by molar-refractivity contribution is -0.140. The molecule has 0 saturated carbocycles. The van der Waals surface area contributed by atoms with Gasteiger partial charge in [-0.2, -0.15) is 11.8 Å². The van der Waals surface area contributed by atoms with Crippen molar-refractivity contribution in [2.45, 2.75) is 19.4 Å². The zero-order valence-corrected chi connectivity index (χ0v) is 8.97. The molecule has 1 amide bonds. The predicted octanol–water partition coefficient (Wildman–Crippen LogP) is -0.342. The van der Waals surface area contributed by atoms with Crippen molar-refractivity contribution in [2.75, 3.05) is 18.1 Å². The van der Waals surface area contributed by atoms with Gasteiger partial charge in [-0.25, -0.2) is 4.79 Å². The van der Waals surface area contributed by atoms with Crippen LogP contribution in [0.4, 0.5) is 0 Å². The van der Waals surface area contributed by atoms with Gasteiger partial charge >= 0.3 is 5.97 Å². The summed E-state index contributed by atoms with van der Waals surface area (Å²) in [6.45, 7) is 1.84. The van der Waals surface area contributed by atoms with E-state index in [9.17, 15) is 9.59 Å². The van der Waals surface area contributed by atoms with E-state index in [-0.39, 0.29) is 6.54 Å². The second-order valence-corrected chi connectivity index (χ2v) is 3.89. The average molecular weight is 220 g/mol. The van der Waals surface area contributed by atoms with Crippen LogP contribution in [0.2, 0.25) is 0 Å². The van der Waals surface area contributed by atoms with Crippen molar-refractivity contribution in [3.8, 4) is 0 Å². The molecule has 0 aromatic carbocycles. The minimum absolute atomic E-state index is 0.178. The van der Waals surface area contributed by atoms with Gasteiger partial charge in [0.25, 0.3) is 0 Å². The molecule has 82 valence electrons. The highest BCUT2D eigenvalue weighted by molar-refractivity contribution is 7.99. The molecule has 0 fully saturated rings. The van der Waals surface area contributed by atoms with Gasteiger partial charge in [-0.3, -0.25) is 4.79 Å². The number of nitrogens with one attached hydrogen (secondary N) is 1. The van der Waals surface area contributed by atoms with E-state index in [2.05, 4.69) is 5.32 Å². The number of carboxylic acid groups (broad SMARTS) is 1. The summed E-state index contributed by atoms with van der Waals surface area (Å²) in [7, 11) is 0. The summed E-state index contributed by atoms with van der Waals surface area (Å²) in [5.41, 5.74) is 5.06. The van der Waals surface area contributed by atoms with Crippen molar-refractivity contribution in [1.82, 2.24) is 5.32 Å². The van der Waals surface area contributed by atoms with Gasteiger partial charge in [0, 0.05) is 5.75 Å². The molecule has 0 rings (SSSR count). The maximum Gasteiger partial charge on any atom is 0.327 e. The molecule has 0 unspecified atom stereocenters. The number of carbonyl (C=O) groups is 2. The first-order valence-corrected chi connectivity index (χ1v) is 5.57. The average Bonchev–Trinajstić information content (AvgIpc) is 2.16. The number of nitrogens with two attached hydrogens (primary N) is 1. The lowest BCUT2D eigenvalue weighted by Crippen LogP contribution is -2.45. The molecule has 0 spiro atoms. The topological polar surface area (TPSA) is 92.4 Å². The highest BCUT2D eigenvalue weighted by Gasteiger charge is 2.18. The smallest absolute Gasteiger partial charge is 0.327 e. The molecular formula is C8H16N2O3S. The number of aliphatic carboxylic acids is 1. The lowest BCUT2D eigenvalue weighted by Gasteiger charge is -2.12. The number of thioether (sulfide) groups is 1. The number of hydrogen-bond donors (Lipinski definition) is 3. The Morgan fingerprint density at radius 1 is 1.57 bits per heavy atom. The molecule has 14 heavy (non-hydrogen) atoms. The van der Waals surface area contributed by atoms with Crippen molar-refractivity contribution in [3.63, 3.8) is 0 Å². The standard InChI is InChI=1S/C8H16N2O3S/c1-2-3-14-5-6(8(12)13)10-7(11)4-9/h6H,2-5,9H2,1H3,(H,10,11)(H,12,13)/t6-/m1/s1. The van der Waals surface area contributed by atoms with Crippen LogP contribution in [0, 0.1) is 0 Å². The Balaban J connectivity index is 3.90. The summed E-state index contributed by atoms with van der Waals surface area (Å²) < 4.78 is 0. The van der Waals surface area contributed by atoms with Crippen LogP contribution in [0.15, 0.2) is 0 Å². The highest BCUT2D eigenvalue weighted by Crippen LogP contribution is 2.04. The Morgan fingerprint density at radius 3 is 2.64 bits per heavy atom. The fraction of sp³-hybridized carbons (Fsp3) is 0.750. The summed E-state index contributed by atoms with van der Waals surface area (Å²) in [5.74, 6) is -0.179. The Hall–Kier alpha value is -0.750. The van der Waals surface area contributed by atoms with Crippen LogP contribution in [0.25, 0.3) is 0 Å². The normalized spacial score (nSPS) is 12.1. The van der Waals surface area contributed by atoms with E-state index in [4.69, 9.17) is 10.8 Å². The Kier molecular flexibility index (Phi) is 7.23. The summed E-state index contributed by atoms with van der Waals surface area (Å²) in [6.07, 6.45) is 0.988. The van der Waals surface area contributed by atoms with Crippen molar-refractivity contribution in [1.29, 1.82) is 0 Å². The van der Waals surface area contributed by atoms with Gasteiger partial charge in [0.1, 0.15) is 6.04 Å².